The molecule has 0 saturated heterocycles. The molecule has 0 bridgehead atoms. The number of nitrogens with one attached hydrogen (secondary N) is 1. The average molecular weight is 281 g/mol. The number of aromatic carboxylic acids is 1. The van der Waals surface area contributed by atoms with Crippen LogP contribution in [0.5, 0.6) is 0 Å². The van der Waals surface area contributed by atoms with Gasteiger partial charge in [0.2, 0.25) is 5.91 Å². The molecule has 0 spiro atoms. The van der Waals surface area contributed by atoms with Crippen LogP contribution in [-0.4, -0.2) is 33.5 Å². The van der Waals surface area contributed by atoms with Crippen LogP contribution in [0.25, 0.3) is 0 Å². The zero-order chi connectivity index (χ0) is 13.8. The van der Waals surface area contributed by atoms with Gasteiger partial charge in [0.25, 0.3) is 0 Å². The number of hydrogen-bond donors (Lipinski definition) is 2. The molecule has 102 valence electrons. The van der Waals surface area contributed by atoms with E-state index < -0.39 is 16.8 Å². The lowest BCUT2D eigenvalue weighted by Gasteiger charge is -2.06. The van der Waals surface area contributed by atoms with E-state index in [2.05, 4.69) is 5.32 Å². The largest absolute Gasteiger partial charge is 0.478 e. The molecule has 2 rings (SSSR count). The molecule has 5 nitrogen and oxygen atoms in total. The van der Waals surface area contributed by atoms with Crippen molar-refractivity contribution in [3.8, 4) is 0 Å². The number of rotatable bonds is 6. The first-order valence-corrected chi connectivity index (χ1v) is 7.37. The van der Waals surface area contributed by atoms with Crippen molar-refractivity contribution in [2.45, 2.75) is 17.7 Å². The molecule has 1 fully saturated rings. The zero-order valence-electron chi connectivity index (χ0n) is 10.3. The highest BCUT2D eigenvalue weighted by molar-refractivity contribution is 7.85. The molecule has 6 heteroatoms. The van der Waals surface area contributed by atoms with Gasteiger partial charge in [-0.3, -0.25) is 9.00 Å². The highest BCUT2D eigenvalue weighted by Gasteiger charge is 2.22. The van der Waals surface area contributed by atoms with E-state index in [1.165, 1.54) is 12.1 Å². The first-order chi connectivity index (χ1) is 9.08. The van der Waals surface area contributed by atoms with Gasteiger partial charge in [-0.05, 0) is 30.9 Å². The van der Waals surface area contributed by atoms with Crippen LogP contribution in [0.3, 0.4) is 0 Å². The predicted molar refractivity (Wildman–Crippen MR) is 70.4 cm³/mol. The molecule has 2 N–H and O–H groups in total. The third-order valence-electron chi connectivity index (χ3n) is 2.91. The van der Waals surface area contributed by atoms with E-state index in [1.807, 2.05) is 0 Å². The molecule has 1 aromatic carbocycles. The van der Waals surface area contributed by atoms with Crippen LogP contribution in [0.2, 0.25) is 0 Å². The highest BCUT2D eigenvalue weighted by atomic mass is 32.2. The summed E-state index contributed by atoms with van der Waals surface area (Å²) in [5.41, 5.74) is -0.0178. The fourth-order valence-electron chi connectivity index (χ4n) is 1.67. The Morgan fingerprint density at radius 3 is 2.63 bits per heavy atom. The van der Waals surface area contributed by atoms with E-state index >= 15 is 0 Å². The number of carboxylic acid groups (broad SMARTS) is 1. The van der Waals surface area contributed by atoms with E-state index in [4.69, 9.17) is 5.11 Å². The zero-order valence-corrected chi connectivity index (χ0v) is 11.1. The molecule has 1 saturated carbocycles. The fraction of sp³-hybridized carbons (Fsp3) is 0.385. The molecule has 0 aromatic heterocycles. The van der Waals surface area contributed by atoms with Gasteiger partial charge in [0, 0.05) is 6.54 Å². The van der Waals surface area contributed by atoms with Gasteiger partial charge in [0.1, 0.15) is 5.75 Å². The van der Waals surface area contributed by atoms with Crippen molar-refractivity contribution >= 4 is 22.7 Å². The lowest BCUT2D eigenvalue weighted by Crippen LogP contribution is -2.30. The fourth-order valence-corrected chi connectivity index (χ4v) is 2.80. The summed E-state index contributed by atoms with van der Waals surface area (Å²) in [6.45, 7) is 0.622. The van der Waals surface area contributed by atoms with E-state index in [0.717, 1.165) is 12.8 Å². The molecule has 0 heterocycles. The Morgan fingerprint density at radius 2 is 2.00 bits per heavy atom. The minimum atomic E-state index is -1.63. The number of carboxylic acids is 1. The summed E-state index contributed by atoms with van der Waals surface area (Å²) < 4.78 is 12.0. The third-order valence-corrected chi connectivity index (χ3v) is 4.28. The lowest BCUT2D eigenvalue weighted by molar-refractivity contribution is -0.118. The second kappa shape index (κ2) is 5.97. The Labute approximate surface area is 113 Å². The van der Waals surface area contributed by atoms with E-state index in [9.17, 15) is 13.8 Å². The first-order valence-electron chi connectivity index (χ1n) is 6.05. The molecular formula is C13H15NO4S. The molecule has 1 aromatic rings. The highest BCUT2D eigenvalue weighted by Crippen LogP contribution is 2.27. The van der Waals surface area contributed by atoms with Crippen molar-refractivity contribution in [2.24, 2.45) is 5.92 Å². The minimum Gasteiger partial charge on any atom is -0.478 e. The molecule has 0 radical (unpaired) electrons. The first kappa shape index (κ1) is 13.7. The van der Waals surface area contributed by atoms with Gasteiger partial charge in [0.05, 0.1) is 21.3 Å². The van der Waals surface area contributed by atoms with Crippen LogP contribution in [0.1, 0.15) is 23.2 Å². The van der Waals surface area contributed by atoms with Crippen LogP contribution >= 0.6 is 0 Å². The summed E-state index contributed by atoms with van der Waals surface area (Å²) >= 11 is 0. The molecule has 1 unspecified atom stereocenters. The SMILES string of the molecule is O=C(CS(=O)c1ccccc1C(=O)O)NCC1CC1. The molecule has 1 aliphatic rings. The van der Waals surface area contributed by atoms with Crippen molar-refractivity contribution in [3.05, 3.63) is 29.8 Å². The molecule has 1 amide bonds. The molecular weight excluding hydrogens is 266 g/mol. The van der Waals surface area contributed by atoms with Crippen LogP contribution in [0, 0.1) is 5.92 Å². The summed E-state index contributed by atoms with van der Waals surface area (Å²) in [4.78, 5) is 22.8. The summed E-state index contributed by atoms with van der Waals surface area (Å²) in [6, 6.07) is 6.05. The smallest absolute Gasteiger partial charge is 0.336 e. The average Bonchev–Trinajstić information content (AvgIpc) is 3.20. The molecule has 19 heavy (non-hydrogen) atoms. The van der Waals surface area contributed by atoms with E-state index in [-0.39, 0.29) is 22.1 Å². The van der Waals surface area contributed by atoms with Crippen LogP contribution < -0.4 is 5.32 Å². The summed E-state index contributed by atoms with van der Waals surface area (Å²) in [5, 5.41) is 11.7. The van der Waals surface area contributed by atoms with Crippen molar-refractivity contribution in [2.75, 3.05) is 12.3 Å². The maximum absolute atomic E-state index is 12.0. The maximum atomic E-state index is 12.0. The summed E-state index contributed by atoms with van der Waals surface area (Å²) in [7, 11) is -1.63. The Hall–Kier alpha value is -1.69. The second-order valence-corrected chi connectivity index (χ2v) is 5.96. The number of benzene rings is 1. The molecule has 1 atom stereocenters. The Morgan fingerprint density at radius 1 is 1.32 bits per heavy atom. The Bertz CT molecular complexity index is 525. The maximum Gasteiger partial charge on any atom is 0.336 e. The van der Waals surface area contributed by atoms with Gasteiger partial charge in [-0.25, -0.2) is 4.79 Å². The van der Waals surface area contributed by atoms with Crippen molar-refractivity contribution in [1.82, 2.24) is 5.32 Å². The Balaban J connectivity index is 1.98. The summed E-state index contributed by atoms with van der Waals surface area (Å²) in [6.07, 6.45) is 2.26. The minimum absolute atomic E-state index is 0.0178. The predicted octanol–water partition coefficient (Wildman–Crippen LogP) is 1.02. The lowest BCUT2D eigenvalue weighted by atomic mass is 10.2. The van der Waals surface area contributed by atoms with Crippen LogP contribution in [-0.2, 0) is 15.6 Å². The van der Waals surface area contributed by atoms with E-state index in [1.54, 1.807) is 12.1 Å². The van der Waals surface area contributed by atoms with Crippen LogP contribution in [0.15, 0.2) is 29.2 Å². The number of carbonyl (C=O) groups excluding carboxylic acids is 1. The summed E-state index contributed by atoms with van der Waals surface area (Å²) in [5.74, 6) is -1.08. The van der Waals surface area contributed by atoms with E-state index in [0.29, 0.717) is 12.5 Å². The second-order valence-electron chi connectivity index (χ2n) is 4.54. The van der Waals surface area contributed by atoms with Gasteiger partial charge < -0.3 is 10.4 Å². The van der Waals surface area contributed by atoms with Gasteiger partial charge >= 0.3 is 5.97 Å². The quantitative estimate of drug-likeness (QED) is 0.815. The van der Waals surface area contributed by atoms with Crippen LogP contribution in [0.4, 0.5) is 0 Å². The number of hydrogen-bond acceptors (Lipinski definition) is 3. The van der Waals surface area contributed by atoms with Gasteiger partial charge in [-0.1, -0.05) is 12.1 Å². The number of amides is 1. The van der Waals surface area contributed by atoms with Gasteiger partial charge in [-0.2, -0.15) is 0 Å². The van der Waals surface area contributed by atoms with Crippen molar-refractivity contribution in [1.29, 1.82) is 0 Å². The Kier molecular flexibility index (Phi) is 4.31. The third kappa shape index (κ3) is 3.89. The molecule has 0 aliphatic heterocycles. The standard InChI is InChI=1S/C13H15NO4S/c15-12(14-7-9-5-6-9)8-19(18)11-4-2-1-3-10(11)13(16)17/h1-4,9H,5-8H2,(H,14,15)(H,16,17). The monoisotopic (exact) mass is 281 g/mol. The normalized spacial score (nSPS) is 15.8. The topological polar surface area (TPSA) is 83.5 Å². The van der Waals surface area contributed by atoms with Gasteiger partial charge in [-0.15, -0.1) is 0 Å². The molecule has 1 aliphatic carbocycles. The van der Waals surface area contributed by atoms with Crippen molar-refractivity contribution in [3.63, 3.8) is 0 Å². The van der Waals surface area contributed by atoms with Crippen molar-refractivity contribution < 1.29 is 18.9 Å². The van der Waals surface area contributed by atoms with Gasteiger partial charge in [0.15, 0.2) is 0 Å². The number of carbonyl (C=O) groups is 2.